The highest BCUT2D eigenvalue weighted by molar-refractivity contribution is 7.11. The lowest BCUT2D eigenvalue weighted by atomic mass is 10.0. The van der Waals surface area contributed by atoms with Crippen LogP contribution in [0, 0.1) is 5.82 Å². The predicted molar refractivity (Wildman–Crippen MR) is 116 cm³/mol. The number of carbonyl (C=O) groups is 2. The molecule has 0 saturated heterocycles. The Hall–Kier alpha value is -2.48. The molecule has 2 aromatic rings. The zero-order valence-electron chi connectivity index (χ0n) is 17.3. The van der Waals surface area contributed by atoms with Gasteiger partial charge >= 0.3 is 6.03 Å². The summed E-state index contributed by atoms with van der Waals surface area (Å²) < 4.78 is 13.0. The molecule has 0 spiro atoms. The molecule has 1 aliphatic rings. The van der Waals surface area contributed by atoms with Crippen LogP contribution in [0.2, 0.25) is 0 Å². The average Bonchev–Trinajstić information content (AvgIpc) is 3.16. The van der Waals surface area contributed by atoms with Crippen LogP contribution in [0.5, 0.6) is 0 Å². The van der Waals surface area contributed by atoms with Gasteiger partial charge in [-0.2, -0.15) is 0 Å². The van der Waals surface area contributed by atoms with E-state index in [1.807, 2.05) is 6.92 Å². The normalized spacial score (nSPS) is 13.9. The Morgan fingerprint density at radius 3 is 2.67 bits per heavy atom. The van der Waals surface area contributed by atoms with Crippen LogP contribution in [0.3, 0.4) is 0 Å². The van der Waals surface area contributed by atoms with E-state index in [0.717, 1.165) is 29.8 Å². The van der Waals surface area contributed by atoms with E-state index in [1.165, 1.54) is 35.5 Å². The van der Waals surface area contributed by atoms with Crippen LogP contribution in [0.15, 0.2) is 24.3 Å². The Labute approximate surface area is 180 Å². The topological polar surface area (TPSA) is 83.1 Å². The van der Waals surface area contributed by atoms with Gasteiger partial charge < -0.3 is 16.0 Å². The number of hydrogen-bond donors (Lipinski definition) is 3. The van der Waals surface area contributed by atoms with Gasteiger partial charge in [-0.1, -0.05) is 25.5 Å². The summed E-state index contributed by atoms with van der Waals surface area (Å²) in [6, 6.07) is 4.92. The van der Waals surface area contributed by atoms with E-state index in [-0.39, 0.29) is 18.3 Å². The van der Waals surface area contributed by atoms with Crippen molar-refractivity contribution in [2.24, 2.45) is 0 Å². The fraction of sp³-hybridized carbons (Fsp3) is 0.500. The number of aromatic nitrogens is 1. The van der Waals surface area contributed by atoms with Gasteiger partial charge in [-0.25, -0.2) is 14.2 Å². The summed E-state index contributed by atoms with van der Waals surface area (Å²) in [5.41, 5.74) is 2.02. The molecule has 0 fully saturated rings. The van der Waals surface area contributed by atoms with Crippen molar-refractivity contribution >= 4 is 23.3 Å². The van der Waals surface area contributed by atoms with Crippen LogP contribution >= 0.6 is 11.3 Å². The maximum atomic E-state index is 13.0. The number of amides is 3. The third-order valence-electron chi connectivity index (χ3n) is 5.09. The van der Waals surface area contributed by atoms with Crippen LogP contribution in [0.1, 0.15) is 53.7 Å². The Morgan fingerprint density at radius 1 is 1.17 bits per heavy atom. The maximum absolute atomic E-state index is 13.0. The van der Waals surface area contributed by atoms with Crippen molar-refractivity contribution in [2.75, 3.05) is 6.54 Å². The zero-order chi connectivity index (χ0) is 21.3. The number of aryl methyl sites for hydroxylation is 2. The summed E-state index contributed by atoms with van der Waals surface area (Å²) in [7, 11) is 0. The molecule has 1 aliphatic carbocycles. The number of halogens is 1. The number of hydrogen-bond acceptors (Lipinski definition) is 4. The Bertz CT molecular complexity index is 830. The molecule has 3 N–H and O–H groups in total. The minimum absolute atomic E-state index is 0.185. The molecule has 0 bridgehead atoms. The van der Waals surface area contributed by atoms with E-state index in [2.05, 4.69) is 16.0 Å². The van der Waals surface area contributed by atoms with Crippen molar-refractivity contribution in [2.45, 2.75) is 64.5 Å². The quantitative estimate of drug-likeness (QED) is 0.567. The maximum Gasteiger partial charge on any atom is 0.315 e. The van der Waals surface area contributed by atoms with E-state index in [0.29, 0.717) is 19.4 Å². The second-order valence-corrected chi connectivity index (χ2v) is 8.69. The molecule has 6 nitrogen and oxygen atoms in total. The third-order valence-corrected chi connectivity index (χ3v) is 6.31. The summed E-state index contributed by atoms with van der Waals surface area (Å²) >= 11 is 1.76. The standard InChI is InChI=1S/C22H29FN4O2S/c1-2-5-18(27-22(29)25-14-15-8-10-16(23)11-9-15)21(28)24-13-12-20-26-17-6-3-4-7-19(17)30-20/h8-11,18H,2-7,12-14H2,1H3,(H,24,28)(H2,25,27,29). The van der Waals surface area contributed by atoms with E-state index in [1.54, 1.807) is 23.5 Å². The monoisotopic (exact) mass is 432 g/mol. The number of nitrogens with one attached hydrogen (secondary N) is 3. The largest absolute Gasteiger partial charge is 0.354 e. The van der Waals surface area contributed by atoms with Crippen LogP contribution < -0.4 is 16.0 Å². The summed E-state index contributed by atoms with van der Waals surface area (Å²) in [5, 5.41) is 9.44. The van der Waals surface area contributed by atoms with Crippen molar-refractivity contribution in [3.63, 3.8) is 0 Å². The van der Waals surface area contributed by atoms with Crippen molar-refractivity contribution < 1.29 is 14.0 Å². The first-order chi connectivity index (χ1) is 14.5. The average molecular weight is 433 g/mol. The lowest BCUT2D eigenvalue weighted by molar-refractivity contribution is -0.123. The van der Waals surface area contributed by atoms with E-state index >= 15 is 0 Å². The third kappa shape index (κ3) is 6.52. The molecular weight excluding hydrogens is 403 g/mol. The predicted octanol–water partition coefficient (Wildman–Crippen LogP) is 3.49. The zero-order valence-corrected chi connectivity index (χ0v) is 18.1. The minimum atomic E-state index is -0.590. The van der Waals surface area contributed by atoms with Crippen molar-refractivity contribution in [1.29, 1.82) is 0 Å². The van der Waals surface area contributed by atoms with Crippen molar-refractivity contribution in [3.8, 4) is 0 Å². The van der Waals surface area contributed by atoms with E-state index < -0.39 is 12.1 Å². The molecule has 0 saturated carbocycles. The number of benzene rings is 1. The molecule has 0 radical (unpaired) electrons. The van der Waals surface area contributed by atoms with Crippen LogP contribution in [-0.2, 0) is 30.6 Å². The molecule has 1 atom stereocenters. The van der Waals surface area contributed by atoms with Gasteiger partial charge in [0.25, 0.3) is 0 Å². The fourth-order valence-corrected chi connectivity index (χ4v) is 4.64. The van der Waals surface area contributed by atoms with Gasteiger partial charge in [-0.05, 0) is 49.8 Å². The highest BCUT2D eigenvalue weighted by Crippen LogP contribution is 2.26. The molecule has 1 aromatic heterocycles. The summed E-state index contributed by atoms with van der Waals surface area (Å²) in [6.45, 7) is 2.74. The molecular formula is C22H29FN4O2S. The van der Waals surface area contributed by atoms with Crippen molar-refractivity contribution in [3.05, 3.63) is 51.2 Å². The second-order valence-electron chi connectivity index (χ2n) is 7.52. The van der Waals surface area contributed by atoms with Crippen LogP contribution in [0.25, 0.3) is 0 Å². The number of fused-ring (bicyclic) bond motifs is 1. The Balaban J connectivity index is 1.43. The fourth-order valence-electron chi connectivity index (χ4n) is 3.48. The summed E-state index contributed by atoms with van der Waals surface area (Å²) in [4.78, 5) is 30.8. The highest BCUT2D eigenvalue weighted by atomic mass is 32.1. The molecule has 1 aromatic carbocycles. The van der Waals surface area contributed by atoms with Gasteiger partial charge in [0.1, 0.15) is 11.9 Å². The van der Waals surface area contributed by atoms with E-state index in [4.69, 9.17) is 4.98 Å². The lowest BCUT2D eigenvalue weighted by Crippen LogP contribution is -2.50. The molecule has 8 heteroatoms. The van der Waals surface area contributed by atoms with Crippen LogP contribution in [0.4, 0.5) is 9.18 Å². The smallest absolute Gasteiger partial charge is 0.315 e. The Kier molecular flexibility index (Phi) is 8.19. The van der Waals surface area contributed by atoms with Gasteiger partial charge in [0.2, 0.25) is 5.91 Å². The molecule has 1 heterocycles. The molecule has 162 valence electrons. The van der Waals surface area contributed by atoms with Crippen LogP contribution in [-0.4, -0.2) is 29.5 Å². The summed E-state index contributed by atoms with van der Waals surface area (Å²) in [5.74, 6) is -0.504. The molecule has 0 aliphatic heterocycles. The SMILES string of the molecule is CCCC(NC(=O)NCc1ccc(F)cc1)C(=O)NCCc1nc2c(s1)CCCC2. The van der Waals surface area contributed by atoms with Gasteiger partial charge in [0.05, 0.1) is 10.7 Å². The second kappa shape index (κ2) is 11.1. The number of urea groups is 1. The summed E-state index contributed by atoms with van der Waals surface area (Å²) in [6.07, 6.45) is 6.66. The first-order valence-corrected chi connectivity index (χ1v) is 11.4. The molecule has 30 heavy (non-hydrogen) atoms. The van der Waals surface area contributed by atoms with Gasteiger partial charge in [0, 0.05) is 24.4 Å². The minimum Gasteiger partial charge on any atom is -0.354 e. The first-order valence-electron chi connectivity index (χ1n) is 10.6. The van der Waals surface area contributed by atoms with Gasteiger partial charge in [-0.15, -0.1) is 11.3 Å². The van der Waals surface area contributed by atoms with Gasteiger partial charge in [-0.3, -0.25) is 4.79 Å². The molecule has 3 rings (SSSR count). The van der Waals surface area contributed by atoms with Crippen molar-refractivity contribution in [1.82, 2.24) is 20.9 Å². The Morgan fingerprint density at radius 2 is 1.93 bits per heavy atom. The highest BCUT2D eigenvalue weighted by Gasteiger charge is 2.20. The first kappa shape index (κ1) is 22.2. The number of nitrogens with zero attached hydrogens (tertiary/aromatic N) is 1. The number of thiazole rings is 1. The lowest BCUT2D eigenvalue weighted by Gasteiger charge is -2.18. The molecule has 1 unspecified atom stereocenters. The number of carbonyl (C=O) groups excluding carboxylic acids is 2. The van der Waals surface area contributed by atoms with E-state index in [9.17, 15) is 14.0 Å². The number of rotatable bonds is 9. The van der Waals surface area contributed by atoms with Gasteiger partial charge in [0.15, 0.2) is 0 Å². The molecule has 3 amide bonds.